The van der Waals surface area contributed by atoms with E-state index in [2.05, 4.69) is 164 Å². The molecule has 6 aromatic carbocycles. The molecule has 2 aliphatic heterocycles. The molecular weight excluding hydrogens is 2000 g/mol. The molecule has 4 N–H and O–H groups in total. The van der Waals surface area contributed by atoms with Crippen LogP contribution in [-0.2, 0) is 32.0 Å². The molecule has 2 aliphatic rings. The molecule has 2 fully saturated rings. The number of thiocarbonyl (C=S) groups is 2. The van der Waals surface area contributed by atoms with Crippen molar-refractivity contribution in [2.24, 2.45) is 0 Å². The van der Waals surface area contributed by atoms with Gasteiger partial charge in [-0.05, 0) is 235 Å². The zero-order valence-electron chi connectivity index (χ0n) is 57.0. The van der Waals surface area contributed by atoms with E-state index in [1.807, 2.05) is 161 Å². The molecule has 6 heterocycles. The summed E-state index contributed by atoms with van der Waals surface area (Å²) < 4.78 is 11.4. The minimum absolute atomic E-state index is 0.0669. The van der Waals surface area contributed by atoms with E-state index in [1.165, 1.54) is 71.6 Å². The molecule has 12 rings (SSSR count). The summed E-state index contributed by atoms with van der Waals surface area (Å²) in [6.07, 6.45) is 11.5. The SMILES string of the molecule is CCC[CH2][Sn]([CH2]CCC)([CH2]CCC)[c]1cccs1.Clc1cc(-c2cccs2)ccc1Br.Clc1cc(I)ccc1Br.O=C(O)C(Cc1ccccc1)N1C(=O)/C(=C\c2ccc(-c3ccc(Br)c(Cl)c3)s2)NC1=S.O=C(O)C(Cc1ccccc1)N1C(=O)CNC1=S.O=Cc1ccc(-c2ccc(Br)c(Cl)c2)s1. The number of carbonyl (C=O) groups is 5. The second kappa shape index (κ2) is 45.2. The topological polar surface area (TPSA) is 156 Å². The monoisotopic (exact) mass is 2070 g/mol. The molecule has 2 atom stereocenters. The molecule has 0 aliphatic carbocycles. The van der Waals surface area contributed by atoms with Crippen LogP contribution in [-0.4, -0.2) is 97.3 Å². The third kappa shape index (κ3) is 27.1. The van der Waals surface area contributed by atoms with Crippen molar-refractivity contribution < 1.29 is 34.2 Å². The van der Waals surface area contributed by atoms with Gasteiger partial charge in [0.2, 0.25) is 5.91 Å². The number of carboxylic acid groups (broad SMARTS) is 2. The van der Waals surface area contributed by atoms with Crippen LogP contribution in [0.15, 0.2) is 216 Å². The minimum atomic E-state index is -2.01. The van der Waals surface area contributed by atoms with Gasteiger partial charge in [-0.25, -0.2) is 9.59 Å². The van der Waals surface area contributed by atoms with Crippen molar-refractivity contribution in [3.05, 3.63) is 261 Å². The molecule has 2 amide bonds. The zero-order chi connectivity index (χ0) is 76.2. The van der Waals surface area contributed by atoms with E-state index >= 15 is 0 Å². The van der Waals surface area contributed by atoms with Gasteiger partial charge in [0.1, 0.15) is 17.8 Å². The number of hydrogen-bond donors (Lipinski definition) is 4. The van der Waals surface area contributed by atoms with E-state index in [0.29, 0.717) is 10.0 Å². The zero-order valence-corrected chi connectivity index (χ0v) is 76.2. The Hall–Kier alpha value is -4.20. The fraction of sp³-hybridized carbons (Fsp3) is 0.218. The number of rotatable bonds is 23. The molecule has 2 unspecified atom stereocenters. The Morgan fingerprint density at radius 2 is 0.990 bits per heavy atom. The van der Waals surface area contributed by atoms with Crippen LogP contribution in [0.1, 0.15) is 85.0 Å². The number of benzene rings is 6. The first-order valence-corrected chi connectivity index (χ1v) is 50.5. The number of aliphatic carboxylic acids is 2. The fourth-order valence-corrected chi connectivity index (χ4v) is 36.2. The summed E-state index contributed by atoms with van der Waals surface area (Å²) >= 11 is 54.5. The summed E-state index contributed by atoms with van der Waals surface area (Å²) in [7, 11) is 0. The van der Waals surface area contributed by atoms with Crippen LogP contribution in [0, 0.1) is 3.57 Å². The number of nitrogens with zero attached hydrogens (tertiary/aromatic N) is 2. The van der Waals surface area contributed by atoms with Gasteiger partial charge in [-0.1, -0.05) is 131 Å². The average Bonchev–Trinajstić information content (AvgIpc) is 1.66. The molecule has 550 valence electrons. The first-order valence-electron chi connectivity index (χ1n) is 33.1. The summed E-state index contributed by atoms with van der Waals surface area (Å²) in [5.41, 5.74) is 5.07. The maximum atomic E-state index is 13.0. The van der Waals surface area contributed by atoms with Crippen molar-refractivity contribution >= 4 is 270 Å². The van der Waals surface area contributed by atoms with Crippen LogP contribution in [0.25, 0.3) is 37.4 Å². The Labute approximate surface area is 712 Å². The quantitative estimate of drug-likeness (QED) is 0.0121. The molecule has 0 radical (unpaired) electrons. The molecule has 10 aromatic rings. The van der Waals surface area contributed by atoms with Gasteiger partial charge >= 0.3 is 135 Å². The van der Waals surface area contributed by atoms with Crippen molar-refractivity contribution in [2.75, 3.05) is 6.54 Å². The van der Waals surface area contributed by atoms with Gasteiger partial charge in [0.05, 0.1) is 31.5 Å². The van der Waals surface area contributed by atoms with Crippen LogP contribution >= 0.6 is 202 Å². The normalized spacial score (nSPS) is 13.3. The van der Waals surface area contributed by atoms with E-state index in [0.717, 1.165) is 89.4 Å². The van der Waals surface area contributed by atoms with Crippen LogP contribution in [0.2, 0.25) is 33.4 Å². The summed E-state index contributed by atoms with van der Waals surface area (Å²) in [6, 6.07) is 56.0. The standard InChI is InChI=1S/C23H16BrClN2O3S2.C12H12N2O3S.C11H6BrClOS.C10H6BrClS.C6H3BrClI.C4H3S.3C4H9.Sn/c24-16-8-6-14(11-17(16)25)20-9-7-15(32-20)12-18-21(28)27(23(31)26-18)19(22(29)30)10-13-4-2-1-3-5-13;15-10-7-13-12(18)14(10)9(11(16)17)6-8-4-2-1-3-5-8;12-9-3-1-7(5-10(9)13)11-4-2-8(6-14)15-11;11-8-4-3-7(6-9(8)12)10-2-1-5-13-10;7-5-2-1-4(9)3-6(5)8;1-2-4-5-3-1;3*1-3-4-2;/h1-9,11-12,19H,10H2,(H,26,31)(H,29,30);1-5,9H,6-7H2,(H,13,18)(H,16,17);1-6H;1-6H;1-3H;1-3H;3*1,3-4H2,2H3;/b18-12+;;;;;;;;;. The second-order valence-electron chi connectivity index (χ2n) is 23.7. The molecule has 27 heteroatoms. The summed E-state index contributed by atoms with van der Waals surface area (Å²) in [4.78, 5) is 65.6. The first-order chi connectivity index (χ1) is 50.4. The number of nitrogens with one attached hydrogen (secondary N) is 2. The number of amides is 2. The number of carbonyl (C=O) groups excluding carboxylic acids is 3. The number of thiophene rings is 4. The van der Waals surface area contributed by atoms with E-state index in [4.69, 9.17) is 70.8 Å². The van der Waals surface area contributed by atoms with Gasteiger partial charge in [0.25, 0.3) is 5.91 Å². The molecular formula is C78H73Br4Cl4IN4O7S6Sn. The van der Waals surface area contributed by atoms with Crippen molar-refractivity contribution in [3.8, 4) is 31.3 Å². The number of aldehydes is 1. The van der Waals surface area contributed by atoms with Gasteiger partial charge in [0.15, 0.2) is 16.5 Å². The Bertz CT molecular complexity index is 4540. The minimum Gasteiger partial charge on any atom is -0.480 e. The van der Waals surface area contributed by atoms with Gasteiger partial charge in [-0.2, -0.15) is 0 Å². The molecule has 0 spiro atoms. The number of halogens is 9. The van der Waals surface area contributed by atoms with E-state index in [9.17, 15) is 34.2 Å². The Morgan fingerprint density at radius 1 is 0.552 bits per heavy atom. The van der Waals surface area contributed by atoms with E-state index < -0.39 is 48.3 Å². The third-order valence-corrected chi connectivity index (χ3v) is 44.8. The fourth-order valence-electron chi connectivity index (χ4n) is 10.9. The first kappa shape index (κ1) is 88.0. The van der Waals surface area contributed by atoms with Crippen LogP contribution in [0.4, 0.5) is 0 Å². The van der Waals surface area contributed by atoms with Gasteiger partial charge in [-0.3, -0.25) is 24.2 Å². The molecule has 105 heavy (non-hydrogen) atoms. The molecule has 4 aromatic heterocycles. The third-order valence-electron chi connectivity index (χ3n) is 16.3. The van der Waals surface area contributed by atoms with Gasteiger partial charge < -0.3 is 20.8 Å². The maximum Gasteiger partial charge on any atom is 0.327 e. The summed E-state index contributed by atoms with van der Waals surface area (Å²) in [6.45, 7) is 7.12. The van der Waals surface area contributed by atoms with Crippen molar-refractivity contribution in [3.63, 3.8) is 0 Å². The predicted octanol–water partition coefficient (Wildman–Crippen LogP) is 25.0. The van der Waals surface area contributed by atoms with Crippen LogP contribution in [0.5, 0.6) is 0 Å². The van der Waals surface area contributed by atoms with Crippen molar-refractivity contribution in [1.82, 2.24) is 20.4 Å². The maximum absolute atomic E-state index is 13.0. The number of unbranched alkanes of at least 4 members (excludes halogenated alkanes) is 3. The summed E-state index contributed by atoms with van der Waals surface area (Å²) in [5.74, 6) is -2.93. The summed E-state index contributed by atoms with van der Waals surface area (Å²) in [5, 5.41) is 32.0. The van der Waals surface area contributed by atoms with Crippen molar-refractivity contribution in [2.45, 2.75) is 97.5 Å². The molecule has 11 nitrogen and oxygen atoms in total. The van der Waals surface area contributed by atoms with E-state index in [1.54, 1.807) is 30.7 Å². The Morgan fingerprint density at radius 3 is 1.38 bits per heavy atom. The molecule has 0 saturated carbocycles. The van der Waals surface area contributed by atoms with Gasteiger partial charge in [-0.15, -0.1) is 34.0 Å². The van der Waals surface area contributed by atoms with Crippen LogP contribution in [0.3, 0.4) is 0 Å². The smallest absolute Gasteiger partial charge is 0.327 e. The average molecular weight is 2080 g/mol. The number of hydrogen-bond acceptors (Lipinski definition) is 11. The van der Waals surface area contributed by atoms with E-state index in [-0.39, 0.29) is 41.2 Å². The molecule has 0 bridgehead atoms. The van der Waals surface area contributed by atoms with Gasteiger partial charge in [0, 0.05) is 53.8 Å². The Kier molecular flexibility index (Phi) is 37.9. The largest absolute Gasteiger partial charge is 0.480 e. The van der Waals surface area contributed by atoms with Crippen molar-refractivity contribution in [1.29, 1.82) is 0 Å². The predicted molar refractivity (Wildman–Crippen MR) is 475 cm³/mol. The second-order valence-corrected chi connectivity index (χ2v) is 49.0. The molecule has 2 saturated heterocycles. The van der Waals surface area contributed by atoms with Crippen LogP contribution < -0.4 is 13.5 Å². The Balaban J connectivity index is 0.000000184. The number of carboxylic acids is 2.